The van der Waals surface area contributed by atoms with Gasteiger partial charge in [-0.15, -0.1) is 0 Å². The van der Waals surface area contributed by atoms with Gasteiger partial charge in [0.15, 0.2) is 0 Å². The Kier molecular flexibility index (Phi) is 4.32. The first-order valence-corrected chi connectivity index (χ1v) is 6.42. The van der Waals surface area contributed by atoms with E-state index in [1.165, 1.54) is 5.56 Å². The third kappa shape index (κ3) is 3.43. The minimum Gasteiger partial charge on any atom is -0.334 e. The number of imidazole rings is 1. The molecule has 1 N–H and O–H groups in total. The fourth-order valence-electron chi connectivity index (χ4n) is 2.01. The molecule has 0 aliphatic rings. The molecule has 2 rings (SSSR count). The standard InChI is InChI=1S/C15H18N4/c1-12(15-5-3-14(11-16)4-6-15)17-7-9-19-10-8-18-13(19)2/h3-6,8,10,12,17H,7,9H2,1-2H3. The van der Waals surface area contributed by atoms with Gasteiger partial charge in [-0.2, -0.15) is 5.26 Å². The van der Waals surface area contributed by atoms with Crippen LogP contribution in [0, 0.1) is 18.3 Å². The van der Waals surface area contributed by atoms with Crippen LogP contribution in [-0.4, -0.2) is 16.1 Å². The number of nitriles is 1. The van der Waals surface area contributed by atoms with Gasteiger partial charge in [-0.3, -0.25) is 0 Å². The molecule has 1 heterocycles. The van der Waals surface area contributed by atoms with Crippen LogP contribution in [0.15, 0.2) is 36.7 Å². The van der Waals surface area contributed by atoms with Gasteiger partial charge in [0.1, 0.15) is 5.82 Å². The number of aromatic nitrogens is 2. The van der Waals surface area contributed by atoms with Crippen LogP contribution in [0.5, 0.6) is 0 Å². The number of hydrogen-bond acceptors (Lipinski definition) is 3. The van der Waals surface area contributed by atoms with Gasteiger partial charge in [-0.05, 0) is 31.5 Å². The molecule has 0 saturated carbocycles. The Hall–Kier alpha value is -2.12. The predicted molar refractivity (Wildman–Crippen MR) is 74.5 cm³/mol. The third-order valence-corrected chi connectivity index (χ3v) is 3.27. The lowest BCUT2D eigenvalue weighted by molar-refractivity contribution is 0.526. The molecule has 98 valence electrons. The van der Waals surface area contributed by atoms with E-state index in [9.17, 15) is 0 Å². The molecular formula is C15H18N4. The largest absolute Gasteiger partial charge is 0.334 e. The summed E-state index contributed by atoms with van der Waals surface area (Å²) in [5, 5.41) is 12.2. The van der Waals surface area contributed by atoms with E-state index in [0.717, 1.165) is 18.9 Å². The molecule has 2 aromatic rings. The van der Waals surface area contributed by atoms with E-state index in [-0.39, 0.29) is 6.04 Å². The highest BCUT2D eigenvalue weighted by molar-refractivity contribution is 5.32. The van der Waals surface area contributed by atoms with Crippen LogP contribution in [0.3, 0.4) is 0 Å². The Morgan fingerprint density at radius 1 is 1.37 bits per heavy atom. The van der Waals surface area contributed by atoms with E-state index < -0.39 is 0 Å². The van der Waals surface area contributed by atoms with Crippen molar-refractivity contribution in [2.75, 3.05) is 6.54 Å². The van der Waals surface area contributed by atoms with Crippen molar-refractivity contribution in [3.8, 4) is 6.07 Å². The molecule has 1 aromatic carbocycles. The summed E-state index contributed by atoms with van der Waals surface area (Å²) in [4.78, 5) is 4.20. The first-order valence-electron chi connectivity index (χ1n) is 6.42. The average Bonchev–Trinajstić information content (AvgIpc) is 2.84. The molecule has 0 aliphatic heterocycles. The van der Waals surface area contributed by atoms with Crippen molar-refractivity contribution in [2.45, 2.75) is 26.4 Å². The topological polar surface area (TPSA) is 53.6 Å². The van der Waals surface area contributed by atoms with Gasteiger partial charge >= 0.3 is 0 Å². The van der Waals surface area contributed by atoms with Crippen LogP contribution < -0.4 is 5.32 Å². The Morgan fingerprint density at radius 3 is 2.68 bits per heavy atom. The van der Waals surface area contributed by atoms with Gasteiger partial charge in [0, 0.05) is 31.5 Å². The van der Waals surface area contributed by atoms with Gasteiger partial charge in [0.2, 0.25) is 0 Å². The lowest BCUT2D eigenvalue weighted by atomic mass is 10.1. The highest BCUT2D eigenvalue weighted by atomic mass is 15.1. The molecule has 4 nitrogen and oxygen atoms in total. The highest BCUT2D eigenvalue weighted by Gasteiger charge is 2.04. The summed E-state index contributed by atoms with van der Waals surface area (Å²) in [6.07, 6.45) is 3.81. The molecule has 0 aliphatic carbocycles. The van der Waals surface area contributed by atoms with E-state index in [0.29, 0.717) is 5.56 Å². The summed E-state index contributed by atoms with van der Waals surface area (Å²) < 4.78 is 2.12. The van der Waals surface area contributed by atoms with Gasteiger partial charge in [-0.25, -0.2) is 4.98 Å². The lowest BCUT2D eigenvalue weighted by Gasteiger charge is -2.15. The van der Waals surface area contributed by atoms with E-state index >= 15 is 0 Å². The molecule has 0 amide bonds. The lowest BCUT2D eigenvalue weighted by Crippen LogP contribution is -2.23. The quantitative estimate of drug-likeness (QED) is 0.891. The maximum Gasteiger partial charge on any atom is 0.105 e. The van der Waals surface area contributed by atoms with Crippen molar-refractivity contribution < 1.29 is 0 Å². The summed E-state index contributed by atoms with van der Waals surface area (Å²) in [5.41, 5.74) is 1.89. The van der Waals surface area contributed by atoms with E-state index in [2.05, 4.69) is 27.9 Å². The minimum atomic E-state index is 0.275. The SMILES string of the molecule is Cc1nccn1CCNC(C)c1ccc(C#N)cc1. The molecule has 1 atom stereocenters. The molecule has 19 heavy (non-hydrogen) atoms. The first-order chi connectivity index (χ1) is 9.20. The molecule has 0 fully saturated rings. The van der Waals surface area contributed by atoms with E-state index in [1.54, 1.807) is 0 Å². The van der Waals surface area contributed by atoms with Crippen LogP contribution in [-0.2, 0) is 6.54 Å². The number of rotatable bonds is 5. The molecule has 4 heteroatoms. The molecule has 0 bridgehead atoms. The van der Waals surface area contributed by atoms with Crippen molar-refractivity contribution in [1.82, 2.24) is 14.9 Å². The second kappa shape index (κ2) is 6.17. The number of benzene rings is 1. The van der Waals surface area contributed by atoms with Crippen molar-refractivity contribution in [2.24, 2.45) is 0 Å². The van der Waals surface area contributed by atoms with Crippen LogP contribution in [0.25, 0.3) is 0 Å². The summed E-state index contributed by atoms with van der Waals surface area (Å²) in [6, 6.07) is 10.1. The van der Waals surface area contributed by atoms with E-state index in [4.69, 9.17) is 5.26 Å². The van der Waals surface area contributed by atoms with Crippen molar-refractivity contribution >= 4 is 0 Å². The molecule has 0 saturated heterocycles. The zero-order valence-electron chi connectivity index (χ0n) is 11.3. The fraction of sp³-hybridized carbons (Fsp3) is 0.333. The van der Waals surface area contributed by atoms with Crippen molar-refractivity contribution in [1.29, 1.82) is 5.26 Å². The van der Waals surface area contributed by atoms with Crippen LogP contribution in [0.4, 0.5) is 0 Å². The van der Waals surface area contributed by atoms with Crippen LogP contribution in [0.1, 0.15) is 29.9 Å². The summed E-state index contributed by atoms with van der Waals surface area (Å²) in [5.74, 6) is 1.04. The Balaban J connectivity index is 1.85. The minimum absolute atomic E-state index is 0.275. The number of aryl methyl sites for hydroxylation is 1. The highest BCUT2D eigenvalue weighted by Crippen LogP contribution is 2.12. The predicted octanol–water partition coefficient (Wildman–Crippen LogP) is 2.41. The second-order valence-corrected chi connectivity index (χ2v) is 4.58. The smallest absolute Gasteiger partial charge is 0.105 e. The number of nitrogens with one attached hydrogen (secondary N) is 1. The molecule has 0 spiro atoms. The van der Waals surface area contributed by atoms with Gasteiger partial charge in [-0.1, -0.05) is 12.1 Å². The third-order valence-electron chi connectivity index (χ3n) is 3.27. The number of nitrogens with zero attached hydrogens (tertiary/aromatic N) is 3. The normalized spacial score (nSPS) is 12.1. The zero-order chi connectivity index (χ0) is 13.7. The first kappa shape index (κ1) is 13.3. The van der Waals surface area contributed by atoms with E-state index in [1.807, 2.05) is 43.6 Å². The summed E-state index contributed by atoms with van der Waals surface area (Å²) >= 11 is 0. The van der Waals surface area contributed by atoms with Crippen molar-refractivity contribution in [3.05, 3.63) is 53.6 Å². The summed E-state index contributed by atoms with van der Waals surface area (Å²) in [7, 11) is 0. The Morgan fingerprint density at radius 2 is 2.11 bits per heavy atom. The van der Waals surface area contributed by atoms with Gasteiger partial charge < -0.3 is 9.88 Å². The van der Waals surface area contributed by atoms with Gasteiger partial charge in [0.05, 0.1) is 11.6 Å². The summed E-state index contributed by atoms with van der Waals surface area (Å²) in [6.45, 7) is 5.93. The molecule has 1 unspecified atom stereocenters. The van der Waals surface area contributed by atoms with Crippen molar-refractivity contribution in [3.63, 3.8) is 0 Å². The monoisotopic (exact) mass is 254 g/mol. The van der Waals surface area contributed by atoms with Crippen LogP contribution >= 0.6 is 0 Å². The zero-order valence-corrected chi connectivity index (χ0v) is 11.3. The van der Waals surface area contributed by atoms with Gasteiger partial charge in [0.25, 0.3) is 0 Å². The molecule has 0 radical (unpaired) electrons. The second-order valence-electron chi connectivity index (χ2n) is 4.58. The maximum atomic E-state index is 8.77. The maximum absolute atomic E-state index is 8.77. The van der Waals surface area contributed by atoms with Crippen LogP contribution in [0.2, 0.25) is 0 Å². The molecule has 1 aromatic heterocycles. The Bertz CT molecular complexity index is 563. The Labute approximate surface area is 113 Å². The number of hydrogen-bond donors (Lipinski definition) is 1. The average molecular weight is 254 g/mol. The molecular weight excluding hydrogens is 236 g/mol. The fourth-order valence-corrected chi connectivity index (χ4v) is 2.01.